The molecule has 96 valence electrons. The van der Waals surface area contributed by atoms with Crippen molar-refractivity contribution in [2.45, 2.75) is 12.4 Å². The quantitative estimate of drug-likeness (QED) is 0.732. The largest absolute Gasteiger partial charge is 0.490 e. The van der Waals surface area contributed by atoms with Gasteiger partial charge in [-0.3, -0.25) is 4.55 Å². The van der Waals surface area contributed by atoms with Crippen molar-refractivity contribution < 1.29 is 27.6 Å². The van der Waals surface area contributed by atoms with Gasteiger partial charge in [-0.2, -0.15) is 8.42 Å². The van der Waals surface area contributed by atoms with E-state index in [1.807, 2.05) is 0 Å². The summed E-state index contributed by atoms with van der Waals surface area (Å²) in [6, 6.07) is 6.63. The Balaban J connectivity index is 2.69. The van der Waals surface area contributed by atoms with Crippen LogP contribution in [0.3, 0.4) is 0 Å². The highest BCUT2D eigenvalue weighted by atomic mass is 32.2. The van der Waals surface area contributed by atoms with Gasteiger partial charge in [-0.1, -0.05) is 12.1 Å². The Hall–Kier alpha value is -1.31. The van der Waals surface area contributed by atoms with E-state index in [0.29, 0.717) is 18.1 Å². The number of para-hydroxylation sites is 2. The van der Waals surface area contributed by atoms with E-state index in [1.54, 1.807) is 31.2 Å². The lowest BCUT2D eigenvalue weighted by Crippen LogP contribution is -2.27. The van der Waals surface area contributed by atoms with Gasteiger partial charge in [-0.15, -0.1) is 0 Å². The smallest absolute Gasteiger partial charge is 0.295 e. The second-order valence-corrected chi connectivity index (χ2v) is 4.73. The molecule has 1 atom stereocenters. The Kier molecular flexibility index (Phi) is 4.73. The standard InChI is InChI=1S/C10H14O6S/c1-2-15-8-5-3-4-6-9(8)16-7-10(11)17(12,13)14/h3-6,10-11H,2,7H2,1H3,(H,12,13,14). The van der Waals surface area contributed by atoms with Crippen molar-refractivity contribution in [2.75, 3.05) is 13.2 Å². The molecule has 7 heteroatoms. The van der Waals surface area contributed by atoms with Crippen LogP contribution in [-0.4, -0.2) is 36.7 Å². The maximum absolute atomic E-state index is 10.6. The molecular weight excluding hydrogens is 248 g/mol. The molecule has 0 aliphatic heterocycles. The average molecular weight is 262 g/mol. The molecule has 0 bridgehead atoms. The fourth-order valence-electron chi connectivity index (χ4n) is 1.09. The highest BCUT2D eigenvalue weighted by Crippen LogP contribution is 2.26. The van der Waals surface area contributed by atoms with Gasteiger partial charge in [0, 0.05) is 0 Å². The molecule has 6 nitrogen and oxygen atoms in total. The second-order valence-electron chi connectivity index (χ2n) is 3.16. The SMILES string of the molecule is CCOc1ccccc1OCC(O)S(=O)(=O)O. The summed E-state index contributed by atoms with van der Waals surface area (Å²) in [5, 5.41) is 9.06. The molecule has 0 amide bonds. The van der Waals surface area contributed by atoms with Crippen molar-refractivity contribution in [3.8, 4) is 11.5 Å². The first-order chi connectivity index (χ1) is 7.95. The van der Waals surface area contributed by atoms with Gasteiger partial charge in [0.05, 0.1) is 6.61 Å². The van der Waals surface area contributed by atoms with E-state index in [-0.39, 0.29) is 0 Å². The zero-order valence-corrected chi connectivity index (χ0v) is 10.1. The third-order valence-electron chi connectivity index (χ3n) is 1.87. The van der Waals surface area contributed by atoms with E-state index < -0.39 is 22.2 Å². The molecule has 0 heterocycles. The highest BCUT2D eigenvalue weighted by Gasteiger charge is 2.20. The molecule has 17 heavy (non-hydrogen) atoms. The predicted octanol–water partition coefficient (Wildman–Crippen LogP) is 0.670. The minimum absolute atomic E-state index is 0.303. The monoisotopic (exact) mass is 262 g/mol. The molecule has 2 N–H and O–H groups in total. The molecule has 0 aliphatic carbocycles. The maximum atomic E-state index is 10.6. The third-order valence-corrected chi connectivity index (χ3v) is 2.70. The topological polar surface area (TPSA) is 93.1 Å². The lowest BCUT2D eigenvalue weighted by atomic mass is 10.3. The first-order valence-corrected chi connectivity index (χ1v) is 6.44. The molecular formula is C10H14O6S. The van der Waals surface area contributed by atoms with Crippen molar-refractivity contribution in [3.05, 3.63) is 24.3 Å². The number of hydrogen-bond acceptors (Lipinski definition) is 5. The molecule has 1 aromatic rings. The van der Waals surface area contributed by atoms with Crippen LogP contribution in [0.1, 0.15) is 6.92 Å². The summed E-state index contributed by atoms with van der Waals surface area (Å²) >= 11 is 0. The number of aliphatic hydroxyl groups excluding tert-OH is 1. The first-order valence-electron chi connectivity index (χ1n) is 4.94. The van der Waals surface area contributed by atoms with Crippen molar-refractivity contribution in [1.82, 2.24) is 0 Å². The van der Waals surface area contributed by atoms with Crippen LogP contribution in [0.15, 0.2) is 24.3 Å². The minimum atomic E-state index is -4.51. The second kappa shape index (κ2) is 5.85. The summed E-state index contributed by atoms with van der Waals surface area (Å²) in [5.74, 6) is 0.745. The molecule has 0 aliphatic rings. The Morgan fingerprint density at radius 1 is 1.24 bits per heavy atom. The molecule has 1 rings (SSSR count). The zero-order valence-electron chi connectivity index (χ0n) is 9.24. The summed E-state index contributed by atoms with van der Waals surface area (Å²) in [5.41, 5.74) is -1.97. The average Bonchev–Trinajstić information content (AvgIpc) is 2.26. The van der Waals surface area contributed by atoms with Crippen LogP contribution in [0.5, 0.6) is 11.5 Å². The van der Waals surface area contributed by atoms with Crippen LogP contribution in [0.4, 0.5) is 0 Å². The van der Waals surface area contributed by atoms with Gasteiger partial charge >= 0.3 is 0 Å². The number of aliphatic hydroxyl groups is 1. The van der Waals surface area contributed by atoms with Crippen LogP contribution in [0.25, 0.3) is 0 Å². The van der Waals surface area contributed by atoms with Crippen LogP contribution in [-0.2, 0) is 10.1 Å². The minimum Gasteiger partial charge on any atom is -0.490 e. The normalized spacial score (nSPS) is 13.1. The van der Waals surface area contributed by atoms with E-state index in [2.05, 4.69) is 0 Å². The molecule has 0 spiro atoms. The van der Waals surface area contributed by atoms with Crippen LogP contribution < -0.4 is 9.47 Å². The molecule has 0 saturated heterocycles. The summed E-state index contributed by atoms with van der Waals surface area (Å²) in [7, 11) is -4.51. The Bertz CT molecular complexity index is 456. The number of benzene rings is 1. The third kappa shape index (κ3) is 4.22. The summed E-state index contributed by atoms with van der Waals surface area (Å²) in [6.07, 6.45) is 0. The Morgan fingerprint density at radius 2 is 1.76 bits per heavy atom. The fraction of sp³-hybridized carbons (Fsp3) is 0.400. The van der Waals surface area contributed by atoms with Crippen molar-refractivity contribution in [2.24, 2.45) is 0 Å². The number of ether oxygens (including phenoxy) is 2. The number of hydrogen-bond donors (Lipinski definition) is 2. The molecule has 0 aromatic heterocycles. The predicted molar refractivity (Wildman–Crippen MR) is 60.7 cm³/mol. The Labute approximate surface area is 99.5 Å². The molecule has 0 fully saturated rings. The van der Waals surface area contributed by atoms with Gasteiger partial charge in [-0.25, -0.2) is 0 Å². The van der Waals surface area contributed by atoms with Gasteiger partial charge in [-0.05, 0) is 19.1 Å². The van der Waals surface area contributed by atoms with Gasteiger partial charge < -0.3 is 14.6 Å². The number of rotatable bonds is 6. The van der Waals surface area contributed by atoms with Crippen molar-refractivity contribution in [3.63, 3.8) is 0 Å². The van der Waals surface area contributed by atoms with Gasteiger partial charge in [0.15, 0.2) is 11.5 Å². The maximum Gasteiger partial charge on any atom is 0.295 e. The van der Waals surface area contributed by atoms with Crippen LogP contribution in [0, 0.1) is 0 Å². The van der Waals surface area contributed by atoms with E-state index >= 15 is 0 Å². The summed E-state index contributed by atoms with van der Waals surface area (Å²) < 4.78 is 40.0. The van der Waals surface area contributed by atoms with E-state index in [9.17, 15) is 8.42 Å². The Morgan fingerprint density at radius 3 is 2.24 bits per heavy atom. The van der Waals surface area contributed by atoms with Crippen molar-refractivity contribution >= 4 is 10.1 Å². The van der Waals surface area contributed by atoms with Crippen LogP contribution >= 0.6 is 0 Å². The molecule has 0 radical (unpaired) electrons. The molecule has 1 aromatic carbocycles. The zero-order chi connectivity index (χ0) is 12.9. The van der Waals surface area contributed by atoms with Gasteiger partial charge in [0.25, 0.3) is 10.1 Å². The molecule has 1 unspecified atom stereocenters. The van der Waals surface area contributed by atoms with Gasteiger partial charge in [0.2, 0.25) is 5.44 Å². The lowest BCUT2D eigenvalue weighted by Gasteiger charge is -2.13. The van der Waals surface area contributed by atoms with E-state index in [4.69, 9.17) is 19.1 Å². The van der Waals surface area contributed by atoms with E-state index in [0.717, 1.165) is 0 Å². The fourth-order valence-corrected chi connectivity index (χ4v) is 1.33. The van der Waals surface area contributed by atoms with E-state index in [1.165, 1.54) is 0 Å². The van der Waals surface area contributed by atoms with Crippen LogP contribution in [0.2, 0.25) is 0 Å². The molecule has 0 saturated carbocycles. The van der Waals surface area contributed by atoms with Crippen molar-refractivity contribution in [1.29, 1.82) is 0 Å². The lowest BCUT2D eigenvalue weighted by molar-refractivity contribution is 0.153. The van der Waals surface area contributed by atoms with Gasteiger partial charge in [0.1, 0.15) is 6.61 Å². The summed E-state index contributed by atoms with van der Waals surface area (Å²) in [4.78, 5) is 0. The highest BCUT2D eigenvalue weighted by molar-refractivity contribution is 7.86. The summed E-state index contributed by atoms with van der Waals surface area (Å²) in [6.45, 7) is 1.66. The first kappa shape index (κ1) is 13.8.